The predicted octanol–water partition coefficient (Wildman–Crippen LogP) is 1.64. The van der Waals surface area contributed by atoms with E-state index >= 15 is 0 Å². The van der Waals surface area contributed by atoms with Gasteiger partial charge in [0, 0.05) is 5.69 Å². The summed E-state index contributed by atoms with van der Waals surface area (Å²) in [5, 5.41) is 12.0. The van der Waals surface area contributed by atoms with Crippen molar-refractivity contribution >= 4 is 5.69 Å². The van der Waals surface area contributed by atoms with Gasteiger partial charge in [-0.2, -0.15) is 0 Å². The van der Waals surface area contributed by atoms with Crippen LogP contribution in [0.1, 0.15) is 6.42 Å². The topological polar surface area (TPSA) is 32.3 Å². The van der Waals surface area contributed by atoms with Gasteiger partial charge in [0.2, 0.25) is 0 Å². The van der Waals surface area contributed by atoms with Crippen molar-refractivity contribution in [1.82, 2.24) is 0 Å². The minimum Gasteiger partial charge on any atom is -0.374 e. The van der Waals surface area contributed by atoms with Crippen molar-refractivity contribution in [2.45, 2.75) is 12.6 Å². The fourth-order valence-corrected chi connectivity index (χ4v) is 0.799. The Bertz CT molecular complexity index is 198. The summed E-state index contributed by atoms with van der Waals surface area (Å²) < 4.78 is 0. The lowest BCUT2D eigenvalue weighted by molar-refractivity contribution is 0.206. The molecular weight excluding hydrogens is 138 g/mol. The van der Waals surface area contributed by atoms with E-state index in [0.717, 1.165) is 5.69 Å². The number of aliphatic hydroxyl groups excluding tert-OH is 1. The number of benzene rings is 1. The van der Waals surface area contributed by atoms with Gasteiger partial charge in [0.15, 0.2) is 0 Å². The molecule has 0 spiro atoms. The molecule has 2 nitrogen and oxygen atoms in total. The summed E-state index contributed by atoms with van der Waals surface area (Å²) in [5.41, 5.74) is 0.920. The Morgan fingerprint density at radius 2 is 2.00 bits per heavy atom. The molecule has 0 aromatic heterocycles. The molecule has 0 saturated carbocycles. The Kier molecular flexibility index (Phi) is 2.93. The fraction of sp³-hybridized carbons (Fsp3) is 0.222. The quantitative estimate of drug-likeness (QED) is 0.642. The number of anilines is 1. The van der Waals surface area contributed by atoms with Crippen LogP contribution < -0.4 is 5.32 Å². The lowest BCUT2D eigenvalue weighted by atomic mass is 10.3. The van der Waals surface area contributed by atoms with Gasteiger partial charge in [0.05, 0.1) is 0 Å². The zero-order chi connectivity index (χ0) is 8.10. The first-order valence-corrected chi connectivity index (χ1v) is 3.62. The molecule has 2 N–H and O–H groups in total. The smallest absolute Gasteiger partial charge is 0.124 e. The van der Waals surface area contributed by atoms with E-state index in [1.54, 1.807) is 0 Å². The van der Waals surface area contributed by atoms with Crippen molar-refractivity contribution in [3.05, 3.63) is 37.3 Å². The second-order valence-corrected chi connectivity index (χ2v) is 2.31. The zero-order valence-electron chi connectivity index (χ0n) is 6.33. The van der Waals surface area contributed by atoms with Crippen LogP contribution in [0.15, 0.2) is 30.3 Å². The Labute approximate surface area is 66.9 Å². The number of aliphatic hydroxyl groups is 1. The lowest BCUT2D eigenvalue weighted by Gasteiger charge is -2.10. The third kappa shape index (κ3) is 2.60. The maximum atomic E-state index is 9.14. The monoisotopic (exact) mass is 150 g/mol. The molecule has 1 unspecified atom stereocenters. The van der Waals surface area contributed by atoms with Crippen LogP contribution in [0.2, 0.25) is 0 Å². The van der Waals surface area contributed by atoms with Crippen LogP contribution in [-0.2, 0) is 0 Å². The van der Waals surface area contributed by atoms with Crippen LogP contribution in [0.3, 0.4) is 0 Å². The van der Waals surface area contributed by atoms with E-state index in [1.165, 1.54) is 0 Å². The maximum Gasteiger partial charge on any atom is 0.124 e. The van der Waals surface area contributed by atoms with Crippen LogP contribution >= 0.6 is 0 Å². The third-order valence-corrected chi connectivity index (χ3v) is 1.38. The highest BCUT2D eigenvalue weighted by molar-refractivity contribution is 5.42. The first kappa shape index (κ1) is 8.08. The number of para-hydroxylation sites is 1. The van der Waals surface area contributed by atoms with Crippen LogP contribution in [0, 0.1) is 6.92 Å². The van der Waals surface area contributed by atoms with E-state index in [2.05, 4.69) is 12.2 Å². The molecule has 1 aromatic rings. The highest BCUT2D eigenvalue weighted by atomic mass is 16.3. The van der Waals surface area contributed by atoms with Crippen molar-refractivity contribution in [2.75, 3.05) is 5.32 Å². The molecule has 1 aromatic carbocycles. The van der Waals surface area contributed by atoms with Crippen LogP contribution in [0.25, 0.3) is 0 Å². The summed E-state index contributed by atoms with van der Waals surface area (Å²) in [6, 6.07) is 9.57. The molecule has 1 radical (unpaired) electrons. The highest BCUT2D eigenvalue weighted by Crippen LogP contribution is 2.06. The molecule has 1 rings (SSSR count). The molecule has 59 valence electrons. The van der Waals surface area contributed by atoms with Gasteiger partial charge in [0.25, 0.3) is 0 Å². The molecule has 2 heteroatoms. The summed E-state index contributed by atoms with van der Waals surface area (Å²) in [5.74, 6) is 0. The molecule has 0 amide bonds. The lowest BCUT2D eigenvalue weighted by Crippen LogP contribution is -2.16. The van der Waals surface area contributed by atoms with Gasteiger partial charge in [-0.25, -0.2) is 0 Å². The summed E-state index contributed by atoms with van der Waals surface area (Å²) in [6.07, 6.45) is -0.0769. The molecule has 0 heterocycles. The summed E-state index contributed by atoms with van der Waals surface area (Å²) in [4.78, 5) is 0. The van der Waals surface area contributed by atoms with E-state index < -0.39 is 6.23 Å². The van der Waals surface area contributed by atoms with Crippen molar-refractivity contribution in [1.29, 1.82) is 0 Å². The molecule has 11 heavy (non-hydrogen) atoms. The van der Waals surface area contributed by atoms with Crippen molar-refractivity contribution in [3.63, 3.8) is 0 Å². The molecule has 0 bridgehead atoms. The third-order valence-electron chi connectivity index (χ3n) is 1.38. The molecule has 0 aliphatic rings. The van der Waals surface area contributed by atoms with Gasteiger partial charge >= 0.3 is 0 Å². The molecule has 0 saturated heterocycles. The van der Waals surface area contributed by atoms with E-state index in [9.17, 15) is 0 Å². The molecule has 1 atom stereocenters. The second kappa shape index (κ2) is 3.98. The number of hydrogen-bond acceptors (Lipinski definition) is 2. The largest absolute Gasteiger partial charge is 0.374 e. The second-order valence-electron chi connectivity index (χ2n) is 2.31. The average Bonchev–Trinajstić information content (AvgIpc) is 2.06. The van der Waals surface area contributed by atoms with Crippen molar-refractivity contribution in [2.24, 2.45) is 0 Å². The number of nitrogens with one attached hydrogen (secondary N) is 1. The van der Waals surface area contributed by atoms with Gasteiger partial charge in [-0.1, -0.05) is 18.2 Å². The molecule has 0 aliphatic carbocycles. The van der Waals surface area contributed by atoms with Crippen LogP contribution in [0.4, 0.5) is 5.69 Å². The molecule has 0 aliphatic heterocycles. The van der Waals surface area contributed by atoms with E-state index in [1.807, 2.05) is 30.3 Å². The predicted molar refractivity (Wildman–Crippen MR) is 46.0 cm³/mol. The Hall–Kier alpha value is -1.02. The van der Waals surface area contributed by atoms with Gasteiger partial charge in [-0.3, -0.25) is 0 Å². The SMILES string of the molecule is [CH2]CC(O)Nc1ccccc1. The van der Waals surface area contributed by atoms with Gasteiger partial charge in [0.1, 0.15) is 6.23 Å². The van der Waals surface area contributed by atoms with Gasteiger partial charge in [-0.15, -0.1) is 0 Å². The molecule has 0 fully saturated rings. The van der Waals surface area contributed by atoms with Crippen LogP contribution in [-0.4, -0.2) is 11.3 Å². The van der Waals surface area contributed by atoms with E-state index in [4.69, 9.17) is 5.11 Å². The normalized spacial score (nSPS) is 12.5. The maximum absolute atomic E-state index is 9.14. The van der Waals surface area contributed by atoms with Gasteiger partial charge in [-0.05, 0) is 25.5 Å². The molecular formula is C9H12NO. The van der Waals surface area contributed by atoms with E-state index in [-0.39, 0.29) is 0 Å². The van der Waals surface area contributed by atoms with Crippen molar-refractivity contribution < 1.29 is 5.11 Å². The first-order valence-electron chi connectivity index (χ1n) is 3.62. The summed E-state index contributed by atoms with van der Waals surface area (Å²) >= 11 is 0. The standard InChI is InChI=1S/C9H12NO/c1-2-9(11)10-8-6-4-3-5-7-8/h3-7,9-11H,1-2H2. The fourth-order valence-electron chi connectivity index (χ4n) is 0.799. The summed E-state index contributed by atoms with van der Waals surface area (Å²) in [7, 11) is 0. The zero-order valence-corrected chi connectivity index (χ0v) is 6.33. The Morgan fingerprint density at radius 3 is 2.55 bits per heavy atom. The highest BCUT2D eigenvalue weighted by Gasteiger charge is 1.97. The number of hydrogen-bond donors (Lipinski definition) is 2. The Balaban J connectivity index is 2.51. The minimum atomic E-state index is -0.544. The Morgan fingerprint density at radius 1 is 1.36 bits per heavy atom. The van der Waals surface area contributed by atoms with E-state index in [0.29, 0.717) is 6.42 Å². The number of rotatable bonds is 3. The van der Waals surface area contributed by atoms with Gasteiger partial charge < -0.3 is 10.4 Å². The first-order chi connectivity index (χ1) is 5.33. The minimum absolute atomic E-state index is 0.467. The van der Waals surface area contributed by atoms with Crippen LogP contribution in [0.5, 0.6) is 0 Å². The summed E-state index contributed by atoms with van der Waals surface area (Å²) in [6.45, 7) is 3.57. The average molecular weight is 150 g/mol. The van der Waals surface area contributed by atoms with Crippen molar-refractivity contribution in [3.8, 4) is 0 Å².